The standard InChI is InChI=1S/C24H21FN2O/c1-17-14-22-19(16-26-27(22)21-10-8-20(25)9-11-21)15-24(17,2)13-12-23(28)18-6-4-3-5-7-18/h3-14,16H,15H2,1-2H3/b13-12+/t24-/m0/s1. The maximum Gasteiger partial charge on any atom is 0.185 e. The second kappa shape index (κ2) is 7.04. The molecule has 0 saturated carbocycles. The zero-order chi connectivity index (χ0) is 19.7. The summed E-state index contributed by atoms with van der Waals surface area (Å²) < 4.78 is 15.1. The van der Waals surface area contributed by atoms with Gasteiger partial charge in [0.1, 0.15) is 5.82 Å². The number of carbonyl (C=O) groups excluding carboxylic acids is 1. The number of nitrogens with zero attached hydrogens (tertiary/aromatic N) is 2. The minimum Gasteiger partial charge on any atom is -0.289 e. The SMILES string of the molecule is CC1=Cc2c(cnn2-c2ccc(F)cc2)C[C@]1(C)/C=C/C(=O)c1ccccc1. The van der Waals surface area contributed by atoms with E-state index in [4.69, 9.17) is 0 Å². The van der Waals surface area contributed by atoms with Gasteiger partial charge in [0.25, 0.3) is 0 Å². The van der Waals surface area contributed by atoms with E-state index in [-0.39, 0.29) is 17.0 Å². The van der Waals surface area contributed by atoms with E-state index in [9.17, 15) is 9.18 Å². The minimum atomic E-state index is -0.266. The van der Waals surface area contributed by atoms with E-state index in [0.29, 0.717) is 5.56 Å². The monoisotopic (exact) mass is 372 g/mol. The molecule has 140 valence electrons. The molecular formula is C24H21FN2O. The summed E-state index contributed by atoms with van der Waals surface area (Å²) in [5.74, 6) is -0.264. The van der Waals surface area contributed by atoms with Crippen LogP contribution in [0.25, 0.3) is 11.8 Å². The molecular weight excluding hydrogens is 351 g/mol. The third-order valence-electron chi connectivity index (χ3n) is 5.43. The van der Waals surface area contributed by atoms with Gasteiger partial charge in [-0.3, -0.25) is 4.79 Å². The van der Waals surface area contributed by atoms with Gasteiger partial charge in [0.05, 0.1) is 17.6 Å². The third-order valence-corrected chi connectivity index (χ3v) is 5.43. The lowest BCUT2D eigenvalue weighted by Crippen LogP contribution is -2.22. The highest BCUT2D eigenvalue weighted by atomic mass is 19.1. The molecule has 0 unspecified atom stereocenters. The number of hydrogen-bond donors (Lipinski definition) is 0. The highest BCUT2D eigenvalue weighted by Crippen LogP contribution is 2.40. The Labute approximate surface area is 163 Å². The molecule has 2 aromatic carbocycles. The second-order valence-corrected chi connectivity index (χ2v) is 7.43. The van der Waals surface area contributed by atoms with Crippen molar-refractivity contribution in [2.75, 3.05) is 0 Å². The van der Waals surface area contributed by atoms with E-state index in [1.807, 2.05) is 47.3 Å². The number of rotatable bonds is 4. The molecule has 0 bridgehead atoms. The fraction of sp³-hybridized carbons (Fsp3) is 0.167. The van der Waals surface area contributed by atoms with E-state index in [0.717, 1.165) is 28.9 Å². The maximum absolute atomic E-state index is 13.2. The average Bonchev–Trinajstić information content (AvgIpc) is 3.10. The first kappa shape index (κ1) is 18.1. The molecule has 3 nitrogen and oxygen atoms in total. The summed E-state index contributed by atoms with van der Waals surface area (Å²) in [5, 5.41) is 4.50. The molecule has 1 heterocycles. The Balaban J connectivity index is 1.63. The van der Waals surface area contributed by atoms with Crippen molar-refractivity contribution >= 4 is 11.9 Å². The van der Waals surface area contributed by atoms with E-state index >= 15 is 0 Å². The van der Waals surface area contributed by atoms with Crippen LogP contribution in [0.1, 0.15) is 35.5 Å². The molecule has 3 aromatic rings. The zero-order valence-corrected chi connectivity index (χ0v) is 15.9. The molecule has 1 aliphatic rings. The van der Waals surface area contributed by atoms with Gasteiger partial charge < -0.3 is 0 Å². The lowest BCUT2D eigenvalue weighted by molar-refractivity contribution is 0.104. The predicted octanol–water partition coefficient (Wildman–Crippen LogP) is 5.42. The van der Waals surface area contributed by atoms with Crippen LogP contribution in [0.3, 0.4) is 0 Å². The van der Waals surface area contributed by atoms with Crippen LogP contribution in [0, 0.1) is 11.2 Å². The number of carbonyl (C=O) groups is 1. The Morgan fingerprint density at radius 2 is 1.86 bits per heavy atom. The molecule has 0 spiro atoms. The highest BCUT2D eigenvalue weighted by Gasteiger charge is 2.31. The lowest BCUT2D eigenvalue weighted by atomic mass is 9.73. The van der Waals surface area contributed by atoms with Crippen molar-refractivity contribution in [3.8, 4) is 5.69 Å². The van der Waals surface area contributed by atoms with Crippen LogP contribution in [-0.2, 0) is 6.42 Å². The van der Waals surface area contributed by atoms with Gasteiger partial charge in [-0.05, 0) is 55.3 Å². The number of hydrogen-bond acceptors (Lipinski definition) is 2. The first-order chi connectivity index (χ1) is 13.5. The van der Waals surface area contributed by atoms with Crippen LogP contribution in [0.5, 0.6) is 0 Å². The predicted molar refractivity (Wildman–Crippen MR) is 109 cm³/mol. The van der Waals surface area contributed by atoms with Crippen molar-refractivity contribution < 1.29 is 9.18 Å². The van der Waals surface area contributed by atoms with E-state index in [2.05, 4.69) is 25.0 Å². The van der Waals surface area contributed by atoms with Gasteiger partial charge in [0, 0.05) is 11.0 Å². The summed E-state index contributed by atoms with van der Waals surface area (Å²) in [6, 6.07) is 15.6. The molecule has 4 heteroatoms. The van der Waals surface area contributed by atoms with Gasteiger partial charge in [-0.25, -0.2) is 9.07 Å². The molecule has 0 fully saturated rings. The molecule has 0 saturated heterocycles. The summed E-state index contributed by atoms with van der Waals surface area (Å²) in [4.78, 5) is 12.4. The summed E-state index contributed by atoms with van der Waals surface area (Å²) in [6.07, 6.45) is 8.37. The van der Waals surface area contributed by atoms with Crippen molar-refractivity contribution in [1.29, 1.82) is 0 Å². The highest BCUT2D eigenvalue weighted by molar-refractivity contribution is 6.04. The smallest absolute Gasteiger partial charge is 0.185 e. The summed E-state index contributed by atoms with van der Waals surface area (Å²) in [7, 11) is 0. The summed E-state index contributed by atoms with van der Waals surface area (Å²) in [6.45, 7) is 4.20. The molecule has 0 N–H and O–H groups in total. The number of benzene rings is 2. The molecule has 1 aromatic heterocycles. The largest absolute Gasteiger partial charge is 0.289 e. The molecule has 1 atom stereocenters. The average molecular weight is 372 g/mol. The molecule has 1 aliphatic carbocycles. The normalized spacial score (nSPS) is 18.8. The third kappa shape index (κ3) is 3.33. The van der Waals surface area contributed by atoms with Crippen molar-refractivity contribution in [2.45, 2.75) is 20.3 Å². The summed E-state index contributed by atoms with van der Waals surface area (Å²) in [5.41, 5.74) is 4.52. The van der Waals surface area contributed by atoms with Crippen LogP contribution >= 0.6 is 0 Å². The van der Waals surface area contributed by atoms with Gasteiger partial charge in [-0.2, -0.15) is 5.10 Å². The number of fused-ring (bicyclic) bond motifs is 1. The number of allylic oxidation sites excluding steroid dienone is 3. The van der Waals surface area contributed by atoms with Gasteiger partial charge in [0.2, 0.25) is 0 Å². The summed E-state index contributed by atoms with van der Waals surface area (Å²) >= 11 is 0. The van der Waals surface area contributed by atoms with Crippen molar-refractivity contribution in [1.82, 2.24) is 9.78 Å². The first-order valence-corrected chi connectivity index (χ1v) is 9.26. The van der Waals surface area contributed by atoms with E-state index in [1.165, 1.54) is 12.1 Å². The maximum atomic E-state index is 13.2. The molecule has 28 heavy (non-hydrogen) atoms. The van der Waals surface area contributed by atoms with Crippen molar-refractivity contribution in [3.05, 3.63) is 101 Å². The van der Waals surface area contributed by atoms with Crippen LogP contribution in [0.15, 0.2) is 78.5 Å². The Hall–Kier alpha value is -3.27. The Bertz CT molecular complexity index is 1080. The quantitative estimate of drug-likeness (QED) is 0.453. The topological polar surface area (TPSA) is 34.9 Å². The van der Waals surface area contributed by atoms with Crippen molar-refractivity contribution in [2.24, 2.45) is 5.41 Å². The Kier molecular flexibility index (Phi) is 4.55. The van der Waals surface area contributed by atoms with Crippen LogP contribution in [0.2, 0.25) is 0 Å². The Morgan fingerprint density at radius 1 is 1.14 bits per heavy atom. The van der Waals surface area contributed by atoms with E-state index in [1.54, 1.807) is 18.2 Å². The number of ketones is 1. The van der Waals surface area contributed by atoms with Gasteiger partial charge in [0.15, 0.2) is 5.78 Å². The van der Waals surface area contributed by atoms with Crippen LogP contribution in [0.4, 0.5) is 4.39 Å². The van der Waals surface area contributed by atoms with Crippen molar-refractivity contribution in [3.63, 3.8) is 0 Å². The lowest BCUT2D eigenvalue weighted by Gasteiger charge is -2.31. The first-order valence-electron chi connectivity index (χ1n) is 9.26. The molecule has 0 radical (unpaired) electrons. The Morgan fingerprint density at radius 3 is 2.57 bits per heavy atom. The fourth-order valence-electron chi connectivity index (χ4n) is 3.52. The minimum absolute atomic E-state index is 0.00225. The zero-order valence-electron chi connectivity index (χ0n) is 15.9. The van der Waals surface area contributed by atoms with Gasteiger partial charge in [-0.15, -0.1) is 0 Å². The van der Waals surface area contributed by atoms with E-state index < -0.39 is 0 Å². The molecule has 0 aliphatic heterocycles. The fourth-order valence-corrected chi connectivity index (χ4v) is 3.52. The number of halogens is 1. The molecule has 0 amide bonds. The van der Waals surface area contributed by atoms with Gasteiger partial charge >= 0.3 is 0 Å². The number of aromatic nitrogens is 2. The second-order valence-electron chi connectivity index (χ2n) is 7.43. The molecule has 4 rings (SSSR count). The van der Waals surface area contributed by atoms with Crippen LogP contribution in [-0.4, -0.2) is 15.6 Å². The van der Waals surface area contributed by atoms with Gasteiger partial charge in [-0.1, -0.05) is 48.9 Å². The van der Waals surface area contributed by atoms with Crippen LogP contribution < -0.4 is 0 Å².